The molecule has 1 aliphatic rings. The Balaban J connectivity index is 1.47. The van der Waals surface area contributed by atoms with E-state index in [1.807, 2.05) is 54.2 Å². The number of piperidine rings is 1. The van der Waals surface area contributed by atoms with Crippen molar-refractivity contribution in [1.82, 2.24) is 19.2 Å². The van der Waals surface area contributed by atoms with Crippen LogP contribution >= 0.6 is 0 Å². The molecule has 1 fully saturated rings. The highest BCUT2D eigenvalue weighted by atomic mass is 32.2. The number of aromatic nitrogens is 2. The van der Waals surface area contributed by atoms with Crippen LogP contribution in [0.1, 0.15) is 35.8 Å². The highest BCUT2D eigenvalue weighted by Crippen LogP contribution is 2.27. The molecule has 4 rings (SSSR count). The van der Waals surface area contributed by atoms with Crippen LogP contribution in [-0.2, 0) is 21.9 Å². The largest absolute Gasteiger partial charge is 0.342 e. The van der Waals surface area contributed by atoms with Crippen molar-refractivity contribution in [3.63, 3.8) is 0 Å². The van der Waals surface area contributed by atoms with E-state index in [0.717, 1.165) is 11.4 Å². The van der Waals surface area contributed by atoms with Crippen LogP contribution in [0.2, 0.25) is 0 Å². The Morgan fingerprint density at radius 2 is 1.79 bits per heavy atom. The average Bonchev–Trinajstić information content (AvgIpc) is 3.28. The number of imidazole rings is 1. The van der Waals surface area contributed by atoms with Gasteiger partial charge in [0.1, 0.15) is 17.9 Å². The van der Waals surface area contributed by atoms with E-state index in [1.165, 1.54) is 16.4 Å². The molecule has 1 aromatic heterocycles. The summed E-state index contributed by atoms with van der Waals surface area (Å²) in [6.45, 7) is 0.442. The van der Waals surface area contributed by atoms with Crippen molar-refractivity contribution in [2.75, 3.05) is 13.1 Å². The summed E-state index contributed by atoms with van der Waals surface area (Å²) in [7, 11) is -1.91. The lowest BCUT2D eigenvalue weighted by Gasteiger charge is -2.31. The molecule has 9 heteroatoms. The number of sulfonamides is 1. The second-order valence-corrected chi connectivity index (χ2v) is 9.94. The number of hydrogen-bond acceptors (Lipinski definition) is 5. The molecule has 1 N–H and O–H groups in total. The Morgan fingerprint density at radius 1 is 1.12 bits per heavy atom. The molecule has 2 aromatic carbocycles. The normalized spacial score (nSPS) is 16.1. The fourth-order valence-corrected chi connectivity index (χ4v) is 5.75. The molecular weight excluding hydrogens is 438 g/mol. The van der Waals surface area contributed by atoms with Crippen LogP contribution < -0.4 is 5.32 Å². The van der Waals surface area contributed by atoms with Crippen molar-refractivity contribution in [3.8, 4) is 6.07 Å². The van der Waals surface area contributed by atoms with E-state index in [2.05, 4.69) is 10.3 Å². The number of hydrogen-bond donors (Lipinski definition) is 1. The molecule has 1 saturated heterocycles. The van der Waals surface area contributed by atoms with Gasteiger partial charge in [0, 0.05) is 38.4 Å². The average molecular weight is 464 g/mol. The van der Waals surface area contributed by atoms with Crippen LogP contribution in [0.25, 0.3) is 0 Å². The first-order chi connectivity index (χ1) is 15.9. The summed E-state index contributed by atoms with van der Waals surface area (Å²) in [5.74, 6) is 0.290. The summed E-state index contributed by atoms with van der Waals surface area (Å²) in [6.07, 6.45) is 4.34. The van der Waals surface area contributed by atoms with Crippen molar-refractivity contribution < 1.29 is 13.2 Å². The number of carbonyl (C=O) groups is 1. The minimum absolute atomic E-state index is 0.00863. The van der Waals surface area contributed by atoms with Gasteiger partial charge in [-0.2, -0.15) is 9.57 Å². The van der Waals surface area contributed by atoms with E-state index >= 15 is 0 Å². The number of nitrogens with zero attached hydrogens (tertiary/aromatic N) is 4. The standard InChI is InChI=1S/C24H25N5O3S/c1-28-16-13-26-23(28)22(18-7-3-2-4-8-18)27-24(30)19-11-14-29(15-12-19)33(31,32)21-10-6-5-9-20(21)17-25/h2-10,13,16,19,22H,11-12,14-15H2,1H3,(H,27,30)/t22-/m0/s1. The third kappa shape index (κ3) is 4.67. The van der Waals surface area contributed by atoms with Gasteiger partial charge in [-0.3, -0.25) is 4.79 Å². The predicted octanol–water partition coefficient (Wildman–Crippen LogP) is 2.60. The molecule has 3 aromatic rings. The smallest absolute Gasteiger partial charge is 0.244 e. The maximum absolute atomic E-state index is 13.2. The molecule has 33 heavy (non-hydrogen) atoms. The summed E-state index contributed by atoms with van der Waals surface area (Å²) >= 11 is 0. The molecule has 0 aliphatic carbocycles. The van der Waals surface area contributed by atoms with Gasteiger partial charge in [-0.1, -0.05) is 42.5 Å². The number of benzene rings is 2. The zero-order valence-corrected chi connectivity index (χ0v) is 19.1. The van der Waals surface area contributed by atoms with E-state index in [1.54, 1.807) is 18.3 Å². The summed E-state index contributed by atoms with van der Waals surface area (Å²) in [5, 5.41) is 12.4. The van der Waals surface area contributed by atoms with Crippen molar-refractivity contribution in [3.05, 3.63) is 83.9 Å². The number of aryl methyl sites for hydroxylation is 1. The molecule has 1 aliphatic heterocycles. The highest BCUT2D eigenvalue weighted by molar-refractivity contribution is 7.89. The van der Waals surface area contributed by atoms with E-state index in [4.69, 9.17) is 0 Å². The van der Waals surface area contributed by atoms with Crippen LogP contribution in [-0.4, -0.2) is 41.3 Å². The van der Waals surface area contributed by atoms with Gasteiger partial charge in [0.25, 0.3) is 0 Å². The fourth-order valence-electron chi connectivity index (χ4n) is 4.14. The second-order valence-electron chi connectivity index (χ2n) is 8.03. The number of nitrogens with one attached hydrogen (secondary N) is 1. The molecule has 170 valence electrons. The van der Waals surface area contributed by atoms with Gasteiger partial charge in [0.2, 0.25) is 15.9 Å². The van der Waals surface area contributed by atoms with Crippen molar-refractivity contribution in [1.29, 1.82) is 5.26 Å². The first-order valence-corrected chi connectivity index (χ1v) is 12.2. The maximum Gasteiger partial charge on any atom is 0.244 e. The third-order valence-electron chi connectivity index (χ3n) is 5.99. The van der Waals surface area contributed by atoms with Crippen LogP contribution in [0.5, 0.6) is 0 Å². The predicted molar refractivity (Wildman–Crippen MR) is 122 cm³/mol. The first-order valence-electron chi connectivity index (χ1n) is 10.7. The zero-order valence-electron chi connectivity index (χ0n) is 18.3. The summed E-state index contributed by atoms with van der Waals surface area (Å²) in [6, 6.07) is 17.4. The SMILES string of the molecule is Cn1ccnc1[C@@H](NC(=O)C1CCN(S(=O)(=O)c2ccccc2C#N)CC1)c1ccccc1. The van der Waals surface area contributed by atoms with Gasteiger partial charge in [0.05, 0.1) is 10.5 Å². The monoisotopic (exact) mass is 463 g/mol. The van der Waals surface area contributed by atoms with Crippen LogP contribution in [0.3, 0.4) is 0 Å². The van der Waals surface area contributed by atoms with E-state index in [-0.39, 0.29) is 35.4 Å². The molecule has 1 atom stereocenters. The Hall–Kier alpha value is -3.48. The van der Waals surface area contributed by atoms with Crippen molar-refractivity contribution in [2.24, 2.45) is 13.0 Å². The van der Waals surface area contributed by atoms with Gasteiger partial charge in [-0.05, 0) is 30.5 Å². The second kappa shape index (κ2) is 9.57. The van der Waals surface area contributed by atoms with Crippen LogP contribution in [0, 0.1) is 17.2 Å². The van der Waals surface area contributed by atoms with Gasteiger partial charge in [-0.25, -0.2) is 13.4 Å². The lowest BCUT2D eigenvalue weighted by atomic mass is 9.96. The molecule has 1 amide bonds. The van der Waals surface area contributed by atoms with E-state index in [9.17, 15) is 18.5 Å². The third-order valence-corrected chi connectivity index (χ3v) is 7.94. The van der Waals surface area contributed by atoms with E-state index < -0.39 is 16.1 Å². The molecule has 0 radical (unpaired) electrons. The first kappa shape index (κ1) is 22.7. The molecule has 8 nitrogen and oxygen atoms in total. The number of carbonyl (C=O) groups excluding carboxylic acids is 1. The summed E-state index contributed by atoms with van der Waals surface area (Å²) < 4.78 is 29.4. The topological polar surface area (TPSA) is 108 Å². The molecule has 0 saturated carbocycles. The lowest BCUT2D eigenvalue weighted by Crippen LogP contribution is -2.44. The molecular formula is C24H25N5O3S. The Labute approximate surface area is 193 Å². The number of rotatable bonds is 6. The van der Waals surface area contributed by atoms with Gasteiger partial charge in [0.15, 0.2) is 0 Å². The Morgan fingerprint density at radius 3 is 2.42 bits per heavy atom. The van der Waals surface area contributed by atoms with Gasteiger partial charge < -0.3 is 9.88 Å². The Bertz CT molecular complexity index is 1270. The van der Waals surface area contributed by atoms with Gasteiger partial charge in [-0.15, -0.1) is 0 Å². The lowest BCUT2D eigenvalue weighted by molar-refractivity contribution is -0.126. The van der Waals surface area contributed by atoms with E-state index in [0.29, 0.717) is 12.8 Å². The molecule has 0 spiro atoms. The van der Waals surface area contributed by atoms with Crippen molar-refractivity contribution >= 4 is 15.9 Å². The zero-order chi connectivity index (χ0) is 23.4. The number of nitriles is 1. The minimum atomic E-state index is -3.80. The molecule has 0 unspecified atom stereocenters. The van der Waals surface area contributed by atoms with Gasteiger partial charge >= 0.3 is 0 Å². The maximum atomic E-state index is 13.2. The summed E-state index contributed by atoms with van der Waals surface area (Å²) in [5.41, 5.74) is 1.05. The highest BCUT2D eigenvalue weighted by Gasteiger charge is 2.34. The summed E-state index contributed by atoms with van der Waals surface area (Å²) in [4.78, 5) is 17.6. The fraction of sp³-hybridized carbons (Fsp3) is 0.292. The number of amides is 1. The van der Waals surface area contributed by atoms with Crippen LogP contribution in [0.4, 0.5) is 0 Å². The minimum Gasteiger partial charge on any atom is -0.342 e. The molecule has 2 heterocycles. The Kier molecular flexibility index (Phi) is 6.58. The molecule has 0 bridgehead atoms. The quantitative estimate of drug-likeness (QED) is 0.605. The van der Waals surface area contributed by atoms with Crippen LogP contribution in [0.15, 0.2) is 71.9 Å². The van der Waals surface area contributed by atoms with Crippen molar-refractivity contribution in [2.45, 2.75) is 23.8 Å².